The van der Waals surface area contributed by atoms with Gasteiger partial charge in [0.1, 0.15) is 0 Å². The van der Waals surface area contributed by atoms with E-state index in [0.717, 1.165) is 0 Å². The standard InChI is InChI=1S/C11H8Cl2N4S/c1-18-11-14-9(12)8(10(13)15-11)17-16-7-5-3-2-4-6-7/h2-6H,1H3/b17-16+. The van der Waals surface area contributed by atoms with E-state index in [0.29, 0.717) is 10.8 Å². The number of hydrogen-bond acceptors (Lipinski definition) is 5. The molecule has 1 aromatic heterocycles. The Balaban J connectivity index is 2.32. The second-order valence-electron chi connectivity index (χ2n) is 3.18. The Bertz CT molecular complexity index is 552. The van der Waals surface area contributed by atoms with E-state index in [-0.39, 0.29) is 16.0 Å². The number of thioether (sulfide) groups is 1. The van der Waals surface area contributed by atoms with Crippen LogP contribution in [0.5, 0.6) is 0 Å². The van der Waals surface area contributed by atoms with Crippen LogP contribution in [0.4, 0.5) is 11.4 Å². The van der Waals surface area contributed by atoms with Crippen LogP contribution in [0.1, 0.15) is 0 Å². The number of halogens is 2. The van der Waals surface area contributed by atoms with E-state index >= 15 is 0 Å². The van der Waals surface area contributed by atoms with Crippen molar-refractivity contribution in [3.63, 3.8) is 0 Å². The van der Waals surface area contributed by atoms with Gasteiger partial charge in [-0.15, -0.1) is 5.11 Å². The Hall–Kier alpha value is -1.17. The lowest BCUT2D eigenvalue weighted by Crippen LogP contribution is -1.87. The molecule has 0 saturated carbocycles. The lowest BCUT2D eigenvalue weighted by Gasteiger charge is -2.01. The Morgan fingerprint density at radius 3 is 2.17 bits per heavy atom. The molecule has 0 aliphatic carbocycles. The van der Waals surface area contributed by atoms with Crippen LogP contribution in [0.15, 0.2) is 45.7 Å². The molecular formula is C11H8Cl2N4S. The van der Waals surface area contributed by atoms with Crippen molar-refractivity contribution in [3.8, 4) is 0 Å². The van der Waals surface area contributed by atoms with Crippen LogP contribution in [-0.4, -0.2) is 16.2 Å². The molecule has 0 aliphatic rings. The average molecular weight is 299 g/mol. The highest BCUT2D eigenvalue weighted by Gasteiger charge is 2.10. The van der Waals surface area contributed by atoms with Crippen LogP contribution in [-0.2, 0) is 0 Å². The summed E-state index contributed by atoms with van der Waals surface area (Å²) < 4.78 is 0. The number of rotatable bonds is 3. The lowest BCUT2D eigenvalue weighted by atomic mass is 10.3. The fraction of sp³-hybridized carbons (Fsp3) is 0.0909. The zero-order valence-corrected chi connectivity index (χ0v) is 11.7. The summed E-state index contributed by atoms with van der Waals surface area (Å²) in [6.45, 7) is 0. The number of hydrogen-bond donors (Lipinski definition) is 0. The van der Waals surface area contributed by atoms with Gasteiger partial charge in [-0.2, -0.15) is 5.11 Å². The highest BCUT2D eigenvalue weighted by Crippen LogP contribution is 2.32. The largest absolute Gasteiger partial charge is 0.208 e. The molecule has 0 atom stereocenters. The van der Waals surface area contributed by atoms with Gasteiger partial charge in [-0.05, 0) is 18.4 Å². The molecule has 2 rings (SSSR count). The van der Waals surface area contributed by atoms with Crippen LogP contribution in [0, 0.1) is 0 Å². The van der Waals surface area contributed by atoms with Gasteiger partial charge in [0, 0.05) is 0 Å². The van der Waals surface area contributed by atoms with E-state index in [4.69, 9.17) is 23.2 Å². The Labute approximate surface area is 118 Å². The van der Waals surface area contributed by atoms with Gasteiger partial charge < -0.3 is 0 Å². The molecule has 92 valence electrons. The number of benzene rings is 1. The molecule has 0 N–H and O–H groups in total. The maximum absolute atomic E-state index is 5.98. The molecular weight excluding hydrogens is 291 g/mol. The molecule has 4 nitrogen and oxygen atoms in total. The monoisotopic (exact) mass is 298 g/mol. The molecule has 1 heterocycles. The SMILES string of the molecule is CSc1nc(Cl)c(/N=N/c2ccccc2)c(Cl)n1. The van der Waals surface area contributed by atoms with E-state index in [1.54, 1.807) is 0 Å². The zero-order chi connectivity index (χ0) is 13.0. The fourth-order valence-electron chi connectivity index (χ4n) is 1.16. The first-order valence-electron chi connectivity index (χ1n) is 4.94. The minimum Gasteiger partial charge on any atom is -0.208 e. The number of azo groups is 1. The molecule has 0 saturated heterocycles. The van der Waals surface area contributed by atoms with Gasteiger partial charge in [0.25, 0.3) is 0 Å². The summed E-state index contributed by atoms with van der Waals surface area (Å²) >= 11 is 13.3. The molecule has 1 aromatic carbocycles. The van der Waals surface area contributed by atoms with Crippen LogP contribution in [0.25, 0.3) is 0 Å². The van der Waals surface area contributed by atoms with Crippen LogP contribution in [0.2, 0.25) is 10.3 Å². The highest BCUT2D eigenvalue weighted by molar-refractivity contribution is 7.98. The third-order valence-electron chi connectivity index (χ3n) is 1.98. The average Bonchev–Trinajstić information content (AvgIpc) is 2.38. The van der Waals surface area contributed by atoms with E-state index in [1.165, 1.54) is 11.8 Å². The van der Waals surface area contributed by atoms with Crippen molar-refractivity contribution in [2.24, 2.45) is 10.2 Å². The molecule has 0 spiro atoms. The van der Waals surface area contributed by atoms with Crippen molar-refractivity contribution in [1.29, 1.82) is 0 Å². The van der Waals surface area contributed by atoms with Crippen LogP contribution < -0.4 is 0 Å². The van der Waals surface area contributed by atoms with E-state index in [9.17, 15) is 0 Å². The zero-order valence-electron chi connectivity index (χ0n) is 9.34. The van der Waals surface area contributed by atoms with E-state index in [1.807, 2.05) is 36.6 Å². The Morgan fingerprint density at radius 2 is 1.61 bits per heavy atom. The van der Waals surface area contributed by atoms with Gasteiger partial charge in [0.2, 0.25) is 0 Å². The summed E-state index contributed by atoms with van der Waals surface area (Å²) in [5.41, 5.74) is 0.985. The normalized spacial score (nSPS) is 11.1. The summed E-state index contributed by atoms with van der Waals surface area (Å²) in [5.74, 6) is 0. The number of nitrogens with zero attached hydrogens (tertiary/aromatic N) is 4. The van der Waals surface area contributed by atoms with Crippen LogP contribution in [0.3, 0.4) is 0 Å². The van der Waals surface area contributed by atoms with Crippen molar-refractivity contribution < 1.29 is 0 Å². The molecule has 0 radical (unpaired) electrons. The first kappa shape index (κ1) is 13.3. The molecule has 0 aliphatic heterocycles. The third-order valence-corrected chi connectivity index (χ3v) is 3.06. The van der Waals surface area contributed by atoms with E-state index in [2.05, 4.69) is 20.2 Å². The summed E-state index contributed by atoms with van der Waals surface area (Å²) in [6.07, 6.45) is 1.84. The highest BCUT2D eigenvalue weighted by atomic mass is 35.5. The maximum Gasteiger partial charge on any atom is 0.190 e. The maximum atomic E-state index is 5.98. The van der Waals surface area contributed by atoms with Gasteiger partial charge in [-0.25, -0.2) is 9.97 Å². The van der Waals surface area contributed by atoms with Crippen molar-refractivity contribution in [3.05, 3.63) is 40.6 Å². The van der Waals surface area contributed by atoms with Crippen molar-refractivity contribution in [1.82, 2.24) is 9.97 Å². The number of aromatic nitrogens is 2. The van der Waals surface area contributed by atoms with Crippen molar-refractivity contribution in [2.75, 3.05) is 6.26 Å². The van der Waals surface area contributed by atoms with Crippen molar-refractivity contribution >= 4 is 46.3 Å². The molecule has 7 heteroatoms. The molecule has 0 amide bonds. The predicted octanol–water partition coefficient (Wildman–Crippen LogP) is 4.92. The van der Waals surface area contributed by atoms with Gasteiger partial charge in [0.15, 0.2) is 21.2 Å². The second kappa shape index (κ2) is 6.13. The first-order chi connectivity index (χ1) is 8.70. The molecule has 0 bridgehead atoms. The minimum atomic E-state index is 0.194. The summed E-state index contributed by atoms with van der Waals surface area (Å²) in [4.78, 5) is 8.09. The van der Waals surface area contributed by atoms with Gasteiger partial charge in [-0.1, -0.05) is 53.2 Å². The molecule has 0 fully saturated rings. The first-order valence-corrected chi connectivity index (χ1v) is 6.92. The summed E-state index contributed by atoms with van der Waals surface area (Å²) in [5, 5.41) is 8.89. The van der Waals surface area contributed by atoms with E-state index < -0.39 is 0 Å². The summed E-state index contributed by atoms with van der Waals surface area (Å²) in [6, 6.07) is 9.27. The summed E-state index contributed by atoms with van der Waals surface area (Å²) in [7, 11) is 0. The lowest BCUT2D eigenvalue weighted by molar-refractivity contribution is 0.963. The Morgan fingerprint density at radius 1 is 1.00 bits per heavy atom. The smallest absolute Gasteiger partial charge is 0.190 e. The van der Waals surface area contributed by atoms with Gasteiger partial charge in [-0.3, -0.25) is 0 Å². The van der Waals surface area contributed by atoms with Gasteiger partial charge >= 0.3 is 0 Å². The Kier molecular flexibility index (Phi) is 4.52. The quantitative estimate of drug-likeness (QED) is 0.350. The fourth-order valence-corrected chi connectivity index (χ4v) is 2.09. The predicted molar refractivity (Wildman–Crippen MR) is 74.5 cm³/mol. The topological polar surface area (TPSA) is 50.5 Å². The van der Waals surface area contributed by atoms with Crippen LogP contribution >= 0.6 is 35.0 Å². The molecule has 2 aromatic rings. The minimum absolute atomic E-state index is 0.194. The molecule has 0 unspecified atom stereocenters. The molecule has 18 heavy (non-hydrogen) atoms. The third kappa shape index (κ3) is 3.19. The van der Waals surface area contributed by atoms with Gasteiger partial charge in [0.05, 0.1) is 5.69 Å². The second-order valence-corrected chi connectivity index (χ2v) is 4.67. The van der Waals surface area contributed by atoms with Crippen molar-refractivity contribution in [2.45, 2.75) is 5.16 Å².